The number of Topliss-reactive ketones (excluding diaryl/α,β-unsaturated/α-hetero) is 1. The van der Waals surface area contributed by atoms with Crippen molar-refractivity contribution in [1.29, 1.82) is 0 Å². The van der Waals surface area contributed by atoms with E-state index < -0.39 is 23.5 Å². The van der Waals surface area contributed by atoms with Gasteiger partial charge in [0, 0.05) is 24.4 Å². The zero-order valence-electron chi connectivity index (χ0n) is 19.2. The first-order valence-corrected chi connectivity index (χ1v) is 11.1. The number of aliphatic hydroxyl groups excluding tert-OH is 1. The first-order valence-electron chi connectivity index (χ1n) is 11.1. The van der Waals surface area contributed by atoms with E-state index in [0.717, 1.165) is 5.69 Å². The van der Waals surface area contributed by atoms with Crippen molar-refractivity contribution in [2.45, 2.75) is 6.04 Å². The molecule has 2 aliphatic heterocycles. The zero-order chi connectivity index (χ0) is 24.7. The Morgan fingerprint density at radius 3 is 2.60 bits per heavy atom. The van der Waals surface area contributed by atoms with Crippen LogP contribution >= 0.6 is 0 Å². The highest BCUT2D eigenvalue weighted by atomic mass is 19.1. The quantitative estimate of drug-likeness (QED) is 0.345. The molecule has 0 bridgehead atoms. The lowest BCUT2D eigenvalue weighted by Gasteiger charge is -2.28. The van der Waals surface area contributed by atoms with Crippen LogP contribution in [0.2, 0.25) is 0 Å². The molecule has 3 aromatic carbocycles. The van der Waals surface area contributed by atoms with Crippen LogP contribution in [0.5, 0.6) is 11.5 Å². The highest BCUT2D eigenvalue weighted by molar-refractivity contribution is 6.51. The number of benzene rings is 3. The molecule has 1 N–H and O–H groups in total. The molecule has 0 aromatic heterocycles. The number of hydrogen-bond acceptors (Lipinski definition) is 6. The number of ether oxygens (including phenoxy) is 2. The van der Waals surface area contributed by atoms with Crippen molar-refractivity contribution in [1.82, 2.24) is 0 Å². The number of halogens is 1. The summed E-state index contributed by atoms with van der Waals surface area (Å²) in [7, 11) is 3.41. The monoisotopic (exact) mass is 474 g/mol. The topological polar surface area (TPSA) is 79.3 Å². The summed E-state index contributed by atoms with van der Waals surface area (Å²) in [5.41, 5.74) is 1.95. The Bertz CT molecular complexity index is 1350. The summed E-state index contributed by atoms with van der Waals surface area (Å²) >= 11 is 0. The van der Waals surface area contributed by atoms with Gasteiger partial charge in [-0.15, -0.1) is 0 Å². The molecule has 0 saturated carbocycles. The van der Waals surface area contributed by atoms with Crippen molar-refractivity contribution in [3.8, 4) is 11.5 Å². The molecule has 2 aliphatic rings. The Balaban J connectivity index is 1.69. The molecule has 5 rings (SSSR count). The van der Waals surface area contributed by atoms with Crippen LogP contribution in [-0.4, -0.2) is 44.1 Å². The standard InChI is InChI=1S/C27H23FN2O5/c1-29-12-13-35-22-11-8-17(14-21(22)29)25(31)23-24(16-6-9-18(28)10-7-16)30(27(33)26(23)32)19-4-3-5-20(15-19)34-2/h3-11,14-15,24,31H,12-13H2,1-2H3/b25-23-. The number of nitrogens with zero attached hydrogens (tertiary/aromatic N) is 2. The van der Waals surface area contributed by atoms with Crippen molar-refractivity contribution in [3.05, 3.63) is 89.2 Å². The smallest absolute Gasteiger partial charge is 0.300 e. The zero-order valence-corrected chi connectivity index (χ0v) is 19.2. The minimum absolute atomic E-state index is 0.0799. The van der Waals surface area contributed by atoms with Crippen LogP contribution in [0.25, 0.3) is 5.76 Å². The van der Waals surface area contributed by atoms with Crippen LogP contribution < -0.4 is 19.3 Å². The van der Waals surface area contributed by atoms with Crippen LogP contribution in [0.15, 0.2) is 72.3 Å². The number of anilines is 2. The van der Waals surface area contributed by atoms with Crippen LogP contribution in [0, 0.1) is 5.82 Å². The first-order chi connectivity index (χ1) is 16.9. The van der Waals surface area contributed by atoms with Gasteiger partial charge in [-0.05, 0) is 48.0 Å². The van der Waals surface area contributed by atoms with Crippen molar-refractivity contribution < 1.29 is 28.6 Å². The number of amides is 1. The van der Waals surface area contributed by atoms with E-state index in [1.807, 2.05) is 11.9 Å². The van der Waals surface area contributed by atoms with E-state index in [2.05, 4.69) is 0 Å². The predicted octanol–water partition coefficient (Wildman–Crippen LogP) is 4.29. The number of likely N-dealkylation sites (N-methyl/N-ethyl adjacent to an activating group) is 1. The summed E-state index contributed by atoms with van der Waals surface area (Å²) in [6, 6.07) is 16.4. The molecule has 1 amide bonds. The average Bonchev–Trinajstić information content (AvgIpc) is 3.14. The maximum atomic E-state index is 13.7. The fourth-order valence-electron chi connectivity index (χ4n) is 4.47. The maximum Gasteiger partial charge on any atom is 0.300 e. The Kier molecular flexibility index (Phi) is 5.64. The van der Waals surface area contributed by atoms with Crippen molar-refractivity contribution in [3.63, 3.8) is 0 Å². The number of hydrogen-bond donors (Lipinski definition) is 1. The molecule has 3 aromatic rings. The minimum atomic E-state index is -0.965. The summed E-state index contributed by atoms with van der Waals surface area (Å²) in [5.74, 6) is -1.23. The number of aliphatic hydroxyl groups is 1. The van der Waals surface area contributed by atoms with Gasteiger partial charge in [0.1, 0.15) is 29.7 Å². The molecule has 1 saturated heterocycles. The molecular weight excluding hydrogens is 451 g/mol. The fourth-order valence-corrected chi connectivity index (χ4v) is 4.47. The van der Waals surface area contributed by atoms with Crippen molar-refractivity contribution >= 4 is 28.8 Å². The van der Waals surface area contributed by atoms with Crippen LogP contribution in [0.4, 0.5) is 15.8 Å². The molecule has 0 radical (unpaired) electrons. The molecule has 1 unspecified atom stereocenters. The van der Waals surface area contributed by atoms with Gasteiger partial charge in [0.2, 0.25) is 0 Å². The van der Waals surface area contributed by atoms with Crippen LogP contribution in [0.1, 0.15) is 17.2 Å². The van der Waals surface area contributed by atoms with Gasteiger partial charge >= 0.3 is 0 Å². The normalized spacial score (nSPS) is 18.9. The third-order valence-corrected chi connectivity index (χ3v) is 6.29. The number of fused-ring (bicyclic) bond motifs is 1. The molecule has 1 fully saturated rings. The molecular formula is C27H23FN2O5. The van der Waals surface area contributed by atoms with E-state index in [9.17, 15) is 19.1 Å². The van der Waals surface area contributed by atoms with Gasteiger partial charge in [-0.25, -0.2) is 4.39 Å². The van der Waals surface area contributed by atoms with Gasteiger partial charge < -0.3 is 19.5 Å². The Morgan fingerprint density at radius 2 is 1.86 bits per heavy atom. The lowest BCUT2D eigenvalue weighted by atomic mass is 9.94. The predicted molar refractivity (Wildman–Crippen MR) is 129 cm³/mol. The Hall–Kier alpha value is -4.33. The van der Waals surface area contributed by atoms with E-state index in [-0.39, 0.29) is 11.3 Å². The van der Waals surface area contributed by atoms with Gasteiger partial charge in [-0.1, -0.05) is 18.2 Å². The molecule has 2 heterocycles. The number of rotatable bonds is 4. The fraction of sp³-hybridized carbons (Fsp3) is 0.185. The number of ketones is 1. The van der Waals surface area contributed by atoms with Gasteiger partial charge in [0.25, 0.3) is 11.7 Å². The van der Waals surface area contributed by atoms with E-state index in [0.29, 0.717) is 41.5 Å². The molecule has 1 atom stereocenters. The van der Waals surface area contributed by atoms with E-state index in [1.165, 1.54) is 36.3 Å². The van der Waals surface area contributed by atoms with Gasteiger partial charge in [-0.2, -0.15) is 0 Å². The molecule has 7 nitrogen and oxygen atoms in total. The largest absolute Gasteiger partial charge is 0.507 e. The van der Waals surface area contributed by atoms with E-state index in [4.69, 9.17) is 9.47 Å². The molecule has 35 heavy (non-hydrogen) atoms. The average molecular weight is 474 g/mol. The highest BCUT2D eigenvalue weighted by Crippen LogP contribution is 2.43. The first kappa shape index (κ1) is 22.5. The van der Waals surface area contributed by atoms with Crippen LogP contribution in [0.3, 0.4) is 0 Å². The summed E-state index contributed by atoms with van der Waals surface area (Å²) in [6.45, 7) is 1.22. The lowest BCUT2D eigenvalue weighted by Crippen LogP contribution is -2.29. The molecule has 8 heteroatoms. The summed E-state index contributed by atoms with van der Waals surface area (Å²) in [6.07, 6.45) is 0. The van der Waals surface area contributed by atoms with Gasteiger partial charge in [-0.3, -0.25) is 14.5 Å². The second-order valence-corrected chi connectivity index (χ2v) is 8.37. The SMILES string of the molecule is COc1cccc(N2C(=O)C(=O)/C(=C(\O)c3ccc4c(c3)N(C)CCO4)C2c2ccc(F)cc2)c1. The van der Waals surface area contributed by atoms with Gasteiger partial charge in [0.15, 0.2) is 0 Å². The van der Waals surface area contributed by atoms with Crippen molar-refractivity contribution in [2.24, 2.45) is 0 Å². The second-order valence-electron chi connectivity index (χ2n) is 8.37. The molecule has 0 aliphatic carbocycles. The summed E-state index contributed by atoms with van der Waals surface area (Å²) < 4.78 is 24.7. The molecule has 178 valence electrons. The number of methoxy groups -OCH3 is 1. The number of carbonyl (C=O) groups is 2. The maximum absolute atomic E-state index is 13.7. The Morgan fingerprint density at radius 1 is 1.09 bits per heavy atom. The lowest BCUT2D eigenvalue weighted by molar-refractivity contribution is -0.132. The van der Waals surface area contributed by atoms with Gasteiger partial charge in [0.05, 0.1) is 31.0 Å². The Labute approximate surface area is 201 Å². The van der Waals surface area contributed by atoms with Crippen LogP contribution in [-0.2, 0) is 9.59 Å². The van der Waals surface area contributed by atoms with Crippen molar-refractivity contribution in [2.75, 3.05) is 37.1 Å². The summed E-state index contributed by atoms with van der Waals surface area (Å²) in [4.78, 5) is 29.9. The highest BCUT2D eigenvalue weighted by Gasteiger charge is 2.47. The number of carbonyl (C=O) groups excluding carboxylic acids is 2. The molecule has 0 spiro atoms. The second kappa shape index (κ2) is 8.79. The third kappa shape index (κ3) is 3.86. The third-order valence-electron chi connectivity index (χ3n) is 6.29. The minimum Gasteiger partial charge on any atom is -0.507 e. The van der Waals surface area contributed by atoms with E-state index >= 15 is 0 Å². The summed E-state index contributed by atoms with van der Waals surface area (Å²) in [5, 5.41) is 11.4. The van der Waals surface area contributed by atoms with E-state index in [1.54, 1.807) is 42.5 Å².